The smallest absolute Gasteiger partial charge is 0.407 e. The summed E-state index contributed by atoms with van der Waals surface area (Å²) in [5.74, 6) is -0.286. The van der Waals surface area contributed by atoms with E-state index in [1.165, 1.54) is 7.11 Å². The van der Waals surface area contributed by atoms with Crippen LogP contribution in [0.3, 0.4) is 0 Å². The van der Waals surface area contributed by atoms with E-state index < -0.39 is 11.7 Å². The van der Waals surface area contributed by atoms with Crippen molar-refractivity contribution in [3.8, 4) is 0 Å². The van der Waals surface area contributed by atoms with Crippen LogP contribution in [0.25, 0.3) is 0 Å². The van der Waals surface area contributed by atoms with Crippen LogP contribution in [0.4, 0.5) is 4.79 Å². The fraction of sp³-hybridized carbons (Fsp3) is 0.750. The van der Waals surface area contributed by atoms with Crippen molar-refractivity contribution in [1.29, 1.82) is 0 Å². The Balaban J connectivity index is 2.60. The Labute approximate surface area is 127 Å². The molecule has 0 aromatic rings. The highest BCUT2D eigenvalue weighted by atomic mass is 16.6. The van der Waals surface area contributed by atoms with E-state index in [9.17, 15) is 9.59 Å². The lowest BCUT2D eigenvalue weighted by Crippen LogP contribution is -2.39. The molecule has 1 aliphatic carbocycles. The average molecular weight is 297 g/mol. The Morgan fingerprint density at radius 3 is 2.38 bits per heavy atom. The first-order valence-electron chi connectivity index (χ1n) is 7.53. The molecule has 0 aliphatic heterocycles. The van der Waals surface area contributed by atoms with Crippen LogP contribution in [0.5, 0.6) is 0 Å². The molecule has 0 radical (unpaired) electrons. The van der Waals surface area contributed by atoms with Crippen LogP contribution in [0, 0.1) is 11.8 Å². The van der Waals surface area contributed by atoms with Crippen LogP contribution in [-0.4, -0.2) is 31.3 Å². The van der Waals surface area contributed by atoms with Gasteiger partial charge in [0.15, 0.2) is 0 Å². The zero-order valence-corrected chi connectivity index (χ0v) is 13.5. The van der Waals surface area contributed by atoms with Crippen LogP contribution >= 0.6 is 0 Å². The van der Waals surface area contributed by atoms with E-state index >= 15 is 0 Å². The third-order valence-corrected chi connectivity index (χ3v) is 3.50. The van der Waals surface area contributed by atoms with Gasteiger partial charge in [0.2, 0.25) is 0 Å². The monoisotopic (exact) mass is 297 g/mol. The van der Waals surface area contributed by atoms with Crippen molar-refractivity contribution in [3.05, 3.63) is 12.2 Å². The van der Waals surface area contributed by atoms with Gasteiger partial charge in [-0.05, 0) is 52.4 Å². The number of carbonyl (C=O) groups is 2. The Kier molecular flexibility index (Phi) is 6.72. The van der Waals surface area contributed by atoms with E-state index in [0.717, 1.165) is 25.7 Å². The van der Waals surface area contributed by atoms with Crippen molar-refractivity contribution in [2.24, 2.45) is 11.8 Å². The number of nitrogens with one attached hydrogen (secondary N) is 1. The highest BCUT2D eigenvalue weighted by Gasteiger charge is 2.29. The number of alkyl carbamates (subject to hydrolysis) is 1. The van der Waals surface area contributed by atoms with Gasteiger partial charge in [-0.1, -0.05) is 12.2 Å². The second-order valence-electron chi connectivity index (χ2n) is 6.40. The summed E-state index contributed by atoms with van der Waals surface area (Å²) < 4.78 is 10.1. The standard InChI is InChI=1S/C16H27NO4/c1-16(2,3)21-15(19)17-11-12-9-7-5-6-8-10-13(12)14(18)20-4/h5-6,12-13H,7-11H2,1-4H3,(H,17,19)/b6-5-/t12?,13-/m0/s1. The number of esters is 1. The van der Waals surface area contributed by atoms with E-state index in [2.05, 4.69) is 17.5 Å². The van der Waals surface area contributed by atoms with Crippen molar-refractivity contribution in [1.82, 2.24) is 5.32 Å². The van der Waals surface area contributed by atoms with Crippen LogP contribution in [0.15, 0.2) is 12.2 Å². The molecular formula is C16H27NO4. The van der Waals surface area contributed by atoms with Crippen LogP contribution in [0.2, 0.25) is 0 Å². The van der Waals surface area contributed by atoms with Gasteiger partial charge in [0.25, 0.3) is 0 Å². The van der Waals surface area contributed by atoms with Gasteiger partial charge in [-0.3, -0.25) is 4.79 Å². The molecule has 0 spiro atoms. The quantitative estimate of drug-likeness (QED) is 0.642. The molecule has 1 unspecified atom stereocenters. The molecule has 0 saturated heterocycles. The summed E-state index contributed by atoms with van der Waals surface area (Å²) in [6.07, 6.45) is 7.18. The van der Waals surface area contributed by atoms with Gasteiger partial charge >= 0.3 is 12.1 Å². The second-order valence-corrected chi connectivity index (χ2v) is 6.40. The molecule has 5 heteroatoms. The topological polar surface area (TPSA) is 64.6 Å². The first-order chi connectivity index (χ1) is 9.83. The molecule has 0 bridgehead atoms. The minimum atomic E-state index is -0.518. The number of methoxy groups -OCH3 is 1. The maximum atomic E-state index is 11.9. The number of amides is 1. The summed E-state index contributed by atoms with van der Waals surface area (Å²) in [6.45, 7) is 5.90. The Morgan fingerprint density at radius 2 is 1.81 bits per heavy atom. The maximum Gasteiger partial charge on any atom is 0.407 e. The molecule has 1 amide bonds. The molecular weight excluding hydrogens is 270 g/mol. The molecule has 5 nitrogen and oxygen atoms in total. The van der Waals surface area contributed by atoms with Crippen LogP contribution in [0.1, 0.15) is 46.5 Å². The molecule has 0 saturated carbocycles. The molecule has 0 aromatic carbocycles. The first kappa shape index (κ1) is 17.5. The fourth-order valence-electron chi connectivity index (χ4n) is 2.49. The van der Waals surface area contributed by atoms with E-state index in [-0.39, 0.29) is 17.8 Å². The predicted octanol–water partition coefficient (Wildman–Crippen LogP) is 3.05. The van der Waals surface area contributed by atoms with Gasteiger partial charge in [0, 0.05) is 6.54 Å². The number of allylic oxidation sites excluding steroid dienone is 2. The molecule has 120 valence electrons. The summed E-state index contributed by atoms with van der Waals surface area (Å²) in [6, 6.07) is 0. The fourth-order valence-corrected chi connectivity index (χ4v) is 2.49. The second kappa shape index (κ2) is 8.05. The zero-order chi connectivity index (χ0) is 15.9. The lowest BCUT2D eigenvalue weighted by molar-refractivity contribution is -0.147. The Hall–Kier alpha value is -1.52. The van der Waals surface area contributed by atoms with Gasteiger partial charge in [-0.2, -0.15) is 0 Å². The lowest BCUT2D eigenvalue weighted by Gasteiger charge is -2.27. The number of carbonyl (C=O) groups excluding carboxylic acids is 2. The highest BCUT2D eigenvalue weighted by molar-refractivity contribution is 5.73. The molecule has 1 rings (SSSR count). The summed E-state index contributed by atoms with van der Waals surface area (Å²) in [5.41, 5.74) is -0.518. The molecule has 0 aromatic heterocycles. The Bertz CT molecular complexity index is 384. The van der Waals surface area contributed by atoms with Gasteiger partial charge < -0.3 is 14.8 Å². The summed E-state index contributed by atoms with van der Waals surface area (Å²) in [5, 5.41) is 2.77. The van der Waals surface area contributed by atoms with E-state index in [0.29, 0.717) is 6.54 Å². The number of ether oxygens (including phenoxy) is 2. The van der Waals surface area contributed by atoms with E-state index in [1.807, 2.05) is 20.8 Å². The van der Waals surface area contributed by atoms with E-state index in [1.54, 1.807) is 0 Å². The SMILES string of the molecule is COC(=O)[C@H]1CC/C=C\CCC1CNC(=O)OC(C)(C)C. The van der Waals surface area contributed by atoms with Crippen LogP contribution in [-0.2, 0) is 14.3 Å². The number of hydrogen-bond acceptors (Lipinski definition) is 4. The van der Waals surface area contributed by atoms with Gasteiger partial charge in [-0.15, -0.1) is 0 Å². The Morgan fingerprint density at radius 1 is 1.19 bits per heavy atom. The van der Waals surface area contributed by atoms with Gasteiger partial charge in [0.1, 0.15) is 5.60 Å². The minimum Gasteiger partial charge on any atom is -0.469 e. The minimum absolute atomic E-state index is 0.0786. The largest absolute Gasteiger partial charge is 0.469 e. The molecule has 2 atom stereocenters. The molecule has 1 aliphatic rings. The molecule has 0 heterocycles. The van der Waals surface area contributed by atoms with Crippen LogP contribution < -0.4 is 5.32 Å². The summed E-state index contributed by atoms with van der Waals surface area (Å²) in [4.78, 5) is 23.7. The first-order valence-corrected chi connectivity index (χ1v) is 7.53. The molecule has 0 fully saturated rings. The lowest BCUT2D eigenvalue weighted by atomic mass is 9.83. The van der Waals surface area contributed by atoms with Crippen molar-refractivity contribution < 1.29 is 19.1 Å². The zero-order valence-electron chi connectivity index (χ0n) is 13.5. The third-order valence-electron chi connectivity index (χ3n) is 3.50. The van der Waals surface area contributed by atoms with Gasteiger partial charge in [-0.25, -0.2) is 4.79 Å². The number of hydrogen-bond donors (Lipinski definition) is 1. The normalized spacial score (nSPS) is 24.4. The van der Waals surface area contributed by atoms with Crippen molar-refractivity contribution in [2.45, 2.75) is 52.1 Å². The maximum absolute atomic E-state index is 11.9. The summed E-state index contributed by atoms with van der Waals surface area (Å²) in [7, 11) is 1.41. The molecule has 21 heavy (non-hydrogen) atoms. The predicted molar refractivity (Wildman–Crippen MR) is 80.8 cm³/mol. The number of rotatable bonds is 3. The van der Waals surface area contributed by atoms with Crippen molar-refractivity contribution in [2.75, 3.05) is 13.7 Å². The molecule has 1 N–H and O–H groups in total. The van der Waals surface area contributed by atoms with Crippen molar-refractivity contribution >= 4 is 12.1 Å². The van der Waals surface area contributed by atoms with Crippen molar-refractivity contribution in [3.63, 3.8) is 0 Å². The van der Waals surface area contributed by atoms with E-state index in [4.69, 9.17) is 9.47 Å². The van der Waals surface area contributed by atoms with Gasteiger partial charge in [0.05, 0.1) is 13.0 Å². The summed E-state index contributed by atoms with van der Waals surface area (Å²) >= 11 is 0. The third kappa shape index (κ3) is 6.65. The highest BCUT2D eigenvalue weighted by Crippen LogP contribution is 2.26. The average Bonchev–Trinajstić information content (AvgIpc) is 2.35.